The molecule has 0 aliphatic heterocycles. The summed E-state index contributed by atoms with van der Waals surface area (Å²) in [5.41, 5.74) is 0.834. The van der Waals surface area contributed by atoms with Crippen molar-refractivity contribution in [3.63, 3.8) is 0 Å². The minimum Gasteiger partial charge on any atom is -0.467 e. The largest absolute Gasteiger partial charge is 0.467 e. The van der Waals surface area contributed by atoms with Gasteiger partial charge in [-0.1, -0.05) is 0 Å². The highest BCUT2D eigenvalue weighted by Crippen LogP contribution is 2.16. The predicted octanol–water partition coefficient (Wildman–Crippen LogP) is 2.60. The Hall–Kier alpha value is -1.86. The average Bonchev–Trinajstić information content (AvgIpc) is 2.93. The molecule has 2 heterocycles. The number of anilines is 1. The number of pyridine rings is 1. The molecule has 1 atom stereocenters. The van der Waals surface area contributed by atoms with E-state index in [2.05, 4.69) is 31.5 Å². The monoisotopic (exact) mass is 339 g/mol. The highest BCUT2D eigenvalue weighted by Gasteiger charge is 2.12. The molecule has 0 fully saturated rings. The Labute approximate surface area is 124 Å². The minimum absolute atomic E-state index is 0.0505. The molecule has 2 rings (SSSR count). The highest BCUT2D eigenvalue weighted by atomic mass is 79.9. The molecule has 3 N–H and O–H groups in total. The molecule has 0 saturated carbocycles. The van der Waals surface area contributed by atoms with E-state index in [9.17, 15) is 9.90 Å². The fourth-order valence-electron chi connectivity index (χ4n) is 1.59. The molecule has 2 aromatic heterocycles. The van der Waals surface area contributed by atoms with Gasteiger partial charge in [0.2, 0.25) is 0 Å². The van der Waals surface area contributed by atoms with E-state index >= 15 is 0 Å². The molecule has 7 heteroatoms. The van der Waals surface area contributed by atoms with Crippen molar-refractivity contribution in [1.29, 1.82) is 0 Å². The lowest BCUT2D eigenvalue weighted by Gasteiger charge is -2.11. The van der Waals surface area contributed by atoms with E-state index < -0.39 is 12.1 Å². The second kappa shape index (κ2) is 6.53. The second-order valence-electron chi connectivity index (χ2n) is 4.19. The zero-order valence-electron chi connectivity index (χ0n) is 10.8. The number of nitrogens with zero attached hydrogens (tertiary/aromatic N) is 1. The molecule has 0 aliphatic carbocycles. The summed E-state index contributed by atoms with van der Waals surface area (Å²) in [6, 6.07) is 4.73. The van der Waals surface area contributed by atoms with Crippen molar-refractivity contribution in [2.75, 3.05) is 11.9 Å². The van der Waals surface area contributed by atoms with E-state index in [1.807, 2.05) is 13.0 Å². The lowest BCUT2D eigenvalue weighted by Crippen LogP contribution is -2.32. The first kappa shape index (κ1) is 14.5. The number of aromatic nitrogens is 1. The standard InChI is InChI=1S/C13H14BrN3O3/c1-8-5-9(14)6-15-12(8)17-13(19)16-7-10(18)11-3-2-4-20-11/h2-6,10,18H,7H2,1H3,(H2,15,16,17,19)/t10-/m1/s1. The lowest BCUT2D eigenvalue weighted by molar-refractivity contribution is 0.149. The molecule has 6 nitrogen and oxygen atoms in total. The number of aliphatic hydroxyl groups is 1. The number of carbonyl (C=O) groups excluding carboxylic acids is 1. The van der Waals surface area contributed by atoms with Gasteiger partial charge >= 0.3 is 6.03 Å². The number of nitrogens with one attached hydrogen (secondary N) is 2. The number of halogens is 1. The fourth-order valence-corrected chi connectivity index (χ4v) is 2.04. The Morgan fingerprint density at radius 1 is 1.60 bits per heavy atom. The predicted molar refractivity (Wildman–Crippen MR) is 77.4 cm³/mol. The normalized spacial score (nSPS) is 11.9. The van der Waals surface area contributed by atoms with Gasteiger partial charge in [-0.25, -0.2) is 9.78 Å². The summed E-state index contributed by atoms with van der Waals surface area (Å²) in [5, 5.41) is 14.9. The summed E-state index contributed by atoms with van der Waals surface area (Å²) >= 11 is 3.30. The van der Waals surface area contributed by atoms with Crippen LogP contribution in [0.3, 0.4) is 0 Å². The summed E-state index contributed by atoms with van der Waals surface area (Å²) in [6.07, 6.45) is 2.18. The molecule has 20 heavy (non-hydrogen) atoms. The van der Waals surface area contributed by atoms with Gasteiger partial charge in [0, 0.05) is 10.7 Å². The molecule has 2 amide bonds. The van der Waals surface area contributed by atoms with Gasteiger partial charge < -0.3 is 14.8 Å². The van der Waals surface area contributed by atoms with Crippen LogP contribution in [0.5, 0.6) is 0 Å². The zero-order chi connectivity index (χ0) is 14.5. The van der Waals surface area contributed by atoms with Gasteiger partial charge in [0.25, 0.3) is 0 Å². The summed E-state index contributed by atoms with van der Waals surface area (Å²) in [7, 11) is 0. The van der Waals surface area contributed by atoms with E-state index in [4.69, 9.17) is 4.42 Å². The molecule has 0 saturated heterocycles. The molecular formula is C13H14BrN3O3. The third-order valence-electron chi connectivity index (χ3n) is 2.60. The number of hydrogen-bond acceptors (Lipinski definition) is 4. The van der Waals surface area contributed by atoms with Crippen LogP contribution in [0.2, 0.25) is 0 Å². The Morgan fingerprint density at radius 3 is 3.05 bits per heavy atom. The van der Waals surface area contributed by atoms with Gasteiger partial charge in [0.15, 0.2) is 0 Å². The zero-order valence-corrected chi connectivity index (χ0v) is 12.3. The van der Waals surface area contributed by atoms with E-state index in [0.29, 0.717) is 11.6 Å². The van der Waals surface area contributed by atoms with Gasteiger partial charge in [-0.2, -0.15) is 0 Å². The topological polar surface area (TPSA) is 87.4 Å². The van der Waals surface area contributed by atoms with E-state index in [1.165, 1.54) is 6.26 Å². The number of hydrogen-bond donors (Lipinski definition) is 3. The maximum Gasteiger partial charge on any atom is 0.320 e. The van der Waals surface area contributed by atoms with E-state index in [0.717, 1.165) is 10.0 Å². The molecule has 0 unspecified atom stereocenters. The van der Waals surface area contributed by atoms with Crippen molar-refractivity contribution in [3.8, 4) is 0 Å². The van der Waals surface area contributed by atoms with Crippen LogP contribution in [0.15, 0.2) is 39.5 Å². The van der Waals surface area contributed by atoms with Crippen LogP contribution >= 0.6 is 15.9 Å². The number of carbonyl (C=O) groups is 1. The minimum atomic E-state index is -0.880. The first-order chi connectivity index (χ1) is 9.56. The molecule has 0 spiro atoms. The smallest absolute Gasteiger partial charge is 0.320 e. The summed E-state index contributed by atoms with van der Waals surface area (Å²) in [4.78, 5) is 15.8. The molecule has 106 valence electrons. The maximum absolute atomic E-state index is 11.7. The summed E-state index contributed by atoms with van der Waals surface area (Å²) < 4.78 is 5.88. The van der Waals surface area contributed by atoms with Crippen molar-refractivity contribution in [1.82, 2.24) is 10.3 Å². The molecule has 0 aliphatic rings. The first-order valence-electron chi connectivity index (χ1n) is 5.94. The Balaban J connectivity index is 1.86. The van der Waals surface area contributed by atoms with Crippen molar-refractivity contribution >= 4 is 27.8 Å². The number of furan rings is 1. The van der Waals surface area contributed by atoms with Crippen LogP contribution in [0.1, 0.15) is 17.4 Å². The van der Waals surface area contributed by atoms with Gasteiger partial charge in [0.05, 0.1) is 12.8 Å². The van der Waals surface area contributed by atoms with Crippen LogP contribution in [-0.2, 0) is 0 Å². The van der Waals surface area contributed by atoms with Crippen LogP contribution in [0, 0.1) is 6.92 Å². The van der Waals surface area contributed by atoms with Crippen LogP contribution in [-0.4, -0.2) is 22.7 Å². The van der Waals surface area contributed by atoms with Crippen LogP contribution < -0.4 is 10.6 Å². The SMILES string of the molecule is Cc1cc(Br)cnc1NC(=O)NC[C@@H](O)c1ccco1. The van der Waals surface area contributed by atoms with Gasteiger partial charge in [-0.05, 0) is 46.6 Å². The lowest BCUT2D eigenvalue weighted by atomic mass is 10.3. The van der Waals surface area contributed by atoms with Crippen LogP contribution in [0.25, 0.3) is 0 Å². The third kappa shape index (κ3) is 3.82. The van der Waals surface area contributed by atoms with E-state index in [1.54, 1.807) is 18.3 Å². The fraction of sp³-hybridized carbons (Fsp3) is 0.231. The molecule has 0 radical (unpaired) electrons. The van der Waals surface area contributed by atoms with Crippen molar-refractivity contribution < 1.29 is 14.3 Å². The first-order valence-corrected chi connectivity index (χ1v) is 6.74. The summed E-state index contributed by atoms with van der Waals surface area (Å²) in [5.74, 6) is 0.876. The van der Waals surface area contributed by atoms with Crippen molar-refractivity contribution in [2.45, 2.75) is 13.0 Å². The maximum atomic E-state index is 11.7. The number of aryl methyl sites for hydroxylation is 1. The molecule has 2 aromatic rings. The van der Waals surface area contributed by atoms with Gasteiger partial charge in [-0.3, -0.25) is 5.32 Å². The van der Waals surface area contributed by atoms with Gasteiger partial charge in [0.1, 0.15) is 17.7 Å². The number of rotatable bonds is 4. The average molecular weight is 340 g/mol. The second-order valence-corrected chi connectivity index (χ2v) is 5.10. The Kier molecular flexibility index (Phi) is 4.75. The number of amides is 2. The Morgan fingerprint density at radius 2 is 2.40 bits per heavy atom. The van der Waals surface area contributed by atoms with Crippen molar-refractivity contribution in [2.24, 2.45) is 0 Å². The van der Waals surface area contributed by atoms with Gasteiger partial charge in [-0.15, -0.1) is 0 Å². The number of urea groups is 1. The van der Waals surface area contributed by atoms with Crippen molar-refractivity contribution in [3.05, 3.63) is 46.5 Å². The third-order valence-corrected chi connectivity index (χ3v) is 3.04. The summed E-state index contributed by atoms with van der Waals surface area (Å²) in [6.45, 7) is 1.89. The van der Waals surface area contributed by atoms with E-state index in [-0.39, 0.29) is 6.54 Å². The quantitative estimate of drug-likeness (QED) is 0.798. The molecule has 0 aromatic carbocycles. The highest BCUT2D eigenvalue weighted by molar-refractivity contribution is 9.10. The van der Waals surface area contributed by atoms with Crippen LogP contribution in [0.4, 0.5) is 10.6 Å². The molecular weight excluding hydrogens is 326 g/mol. The number of aliphatic hydroxyl groups excluding tert-OH is 1. The molecule has 0 bridgehead atoms. The Bertz CT molecular complexity index is 587.